The first-order valence-electron chi connectivity index (χ1n) is 5.66. The van der Waals surface area contributed by atoms with Crippen LogP contribution in [0.25, 0.3) is 0 Å². The lowest BCUT2D eigenvalue weighted by atomic mass is 10.3. The summed E-state index contributed by atoms with van der Waals surface area (Å²) in [6, 6.07) is 1.77. The summed E-state index contributed by atoms with van der Waals surface area (Å²) in [6.45, 7) is 2.77. The fourth-order valence-corrected chi connectivity index (χ4v) is 2.88. The maximum absolute atomic E-state index is 11.9. The summed E-state index contributed by atoms with van der Waals surface area (Å²) in [5.41, 5.74) is 5.93. The fourth-order valence-electron chi connectivity index (χ4n) is 1.40. The number of thiophene rings is 1. The van der Waals surface area contributed by atoms with Crippen molar-refractivity contribution in [2.24, 2.45) is 5.73 Å². The van der Waals surface area contributed by atoms with Crippen LogP contribution in [0, 0.1) is 18.8 Å². The van der Waals surface area contributed by atoms with E-state index in [1.165, 1.54) is 11.3 Å². The van der Waals surface area contributed by atoms with Crippen molar-refractivity contribution in [3.8, 4) is 11.8 Å². The Morgan fingerprint density at radius 1 is 1.58 bits per heavy atom. The maximum Gasteiger partial charge on any atom is 0.252 e. The first kappa shape index (κ1) is 13.7. The molecule has 2 rings (SSSR count). The van der Waals surface area contributed by atoms with Crippen LogP contribution >= 0.6 is 22.7 Å². The number of nitrogens with two attached hydrogens (primary N) is 1. The topological polar surface area (TPSA) is 68.0 Å². The standard InChI is InChI=1S/C13H13N3OS2/c1-9-6-15-12(19-9)7-16-13(17)10-5-11(18-8-10)3-2-4-14/h5-6,8H,4,7,14H2,1H3,(H,16,17). The Morgan fingerprint density at radius 2 is 2.42 bits per heavy atom. The Labute approximate surface area is 119 Å². The molecule has 1 amide bonds. The lowest BCUT2D eigenvalue weighted by Gasteiger charge is -1.99. The van der Waals surface area contributed by atoms with Gasteiger partial charge < -0.3 is 11.1 Å². The van der Waals surface area contributed by atoms with E-state index in [2.05, 4.69) is 22.1 Å². The van der Waals surface area contributed by atoms with Gasteiger partial charge in [0.1, 0.15) is 5.01 Å². The number of hydrogen-bond acceptors (Lipinski definition) is 5. The van der Waals surface area contributed by atoms with E-state index in [0.29, 0.717) is 18.7 Å². The monoisotopic (exact) mass is 291 g/mol. The number of nitrogens with one attached hydrogen (secondary N) is 1. The van der Waals surface area contributed by atoms with Gasteiger partial charge in [-0.05, 0) is 13.0 Å². The van der Waals surface area contributed by atoms with Crippen LogP contribution in [0.15, 0.2) is 17.6 Å². The molecule has 0 aliphatic carbocycles. The van der Waals surface area contributed by atoms with Crippen molar-refractivity contribution in [1.82, 2.24) is 10.3 Å². The van der Waals surface area contributed by atoms with Crippen molar-refractivity contribution in [2.45, 2.75) is 13.5 Å². The molecule has 2 aromatic heterocycles. The van der Waals surface area contributed by atoms with Gasteiger partial charge >= 0.3 is 0 Å². The molecule has 0 fully saturated rings. The van der Waals surface area contributed by atoms with E-state index < -0.39 is 0 Å². The highest BCUT2D eigenvalue weighted by molar-refractivity contribution is 7.11. The van der Waals surface area contributed by atoms with Crippen LogP contribution in [-0.2, 0) is 6.54 Å². The minimum Gasteiger partial charge on any atom is -0.345 e. The third-order valence-corrected chi connectivity index (χ3v) is 4.00. The smallest absolute Gasteiger partial charge is 0.252 e. The predicted octanol–water partition coefficient (Wildman–Crippen LogP) is 1.75. The Balaban J connectivity index is 1.94. The molecular weight excluding hydrogens is 278 g/mol. The summed E-state index contributed by atoms with van der Waals surface area (Å²) in [4.78, 5) is 18.1. The minimum absolute atomic E-state index is 0.107. The normalized spacial score (nSPS) is 9.79. The van der Waals surface area contributed by atoms with Gasteiger partial charge in [-0.2, -0.15) is 0 Å². The van der Waals surface area contributed by atoms with Crippen molar-refractivity contribution in [1.29, 1.82) is 0 Å². The van der Waals surface area contributed by atoms with Gasteiger partial charge in [-0.1, -0.05) is 11.8 Å². The van der Waals surface area contributed by atoms with Gasteiger partial charge in [0.05, 0.1) is 23.5 Å². The summed E-state index contributed by atoms with van der Waals surface area (Å²) >= 11 is 3.02. The van der Waals surface area contributed by atoms with Gasteiger partial charge in [0, 0.05) is 16.5 Å². The number of nitrogens with zero attached hydrogens (tertiary/aromatic N) is 1. The Morgan fingerprint density at radius 3 is 3.11 bits per heavy atom. The third-order valence-electron chi connectivity index (χ3n) is 2.24. The second-order valence-corrected chi connectivity index (χ2v) is 5.98. The number of rotatable bonds is 3. The largest absolute Gasteiger partial charge is 0.345 e. The number of carbonyl (C=O) groups excluding carboxylic acids is 1. The second kappa shape index (κ2) is 6.48. The zero-order valence-electron chi connectivity index (χ0n) is 10.4. The van der Waals surface area contributed by atoms with Crippen LogP contribution in [0.1, 0.15) is 25.1 Å². The highest BCUT2D eigenvalue weighted by atomic mass is 32.1. The van der Waals surface area contributed by atoms with Crippen molar-refractivity contribution < 1.29 is 4.79 Å². The Bertz CT molecular complexity index is 634. The van der Waals surface area contributed by atoms with Crippen LogP contribution in [0.4, 0.5) is 0 Å². The first-order chi connectivity index (χ1) is 9.19. The summed E-state index contributed by atoms with van der Waals surface area (Å²) in [6.07, 6.45) is 1.80. The van der Waals surface area contributed by atoms with Gasteiger partial charge in [0.25, 0.3) is 5.91 Å². The number of aromatic nitrogens is 1. The van der Waals surface area contributed by atoms with Crippen LogP contribution in [0.3, 0.4) is 0 Å². The summed E-state index contributed by atoms with van der Waals surface area (Å²) in [5.74, 6) is 5.57. The van der Waals surface area contributed by atoms with Crippen LogP contribution < -0.4 is 11.1 Å². The van der Waals surface area contributed by atoms with Crippen LogP contribution in [-0.4, -0.2) is 17.4 Å². The number of hydrogen-bond donors (Lipinski definition) is 2. The van der Waals surface area contributed by atoms with E-state index >= 15 is 0 Å². The van der Waals surface area contributed by atoms with E-state index in [0.717, 1.165) is 14.8 Å². The van der Waals surface area contributed by atoms with Gasteiger partial charge in [-0.15, -0.1) is 22.7 Å². The average Bonchev–Trinajstić information content (AvgIpc) is 3.02. The predicted molar refractivity (Wildman–Crippen MR) is 78.3 cm³/mol. The molecule has 2 aromatic rings. The molecule has 0 atom stereocenters. The summed E-state index contributed by atoms with van der Waals surface area (Å²) in [5, 5.41) is 5.54. The van der Waals surface area contributed by atoms with E-state index in [9.17, 15) is 4.79 Å². The van der Waals surface area contributed by atoms with Crippen molar-refractivity contribution in [2.75, 3.05) is 6.54 Å². The molecule has 98 valence electrons. The average molecular weight is 291 g/mol. The first-order valence-corrected chi connectivity index (χ1v) is 7.35. The summed E-state index contributed by atoms with van der Waals surface area (Å²) in [7, 11) is 0. The van der Waals surface area contributed by atoms with Crippen LogP contribution in [0.5, 0.6) is 0 Å². The number of amides is 1. The second-order valence-electron chi connectivity index (χ2n) is 3.75. The van der Waals surface area contributed by atoms with E-state index in [4.69, 9.17) is 5.73 Å². The quantitative estimate of drug-likeness (QED) is 0.847. The number of aryl methyl sites for hydroxylation is 1. The third kappa shape index (κ3) is 3.89. The number of thiazole rings is 1. The summed E-state index contributed by atoms with van der Waals surface area (Å²) < 4.78 is 0. The minimum atomic E-state index is -0.107. The van der Waals surface area contributed by atoms with E-state index in [-0.39, 0.29) is 5.91 Å². The molecule has 0 radical (unpaired) electrons. The molecule has 0 aliphatic rings. The van der Waals surface area contributed by atoms with Gasteiger partial charge in [-0.25, -0.2) is 4.98 Å². The molecule has 0 aliphatic heterocycles. The molecule has 0 unspecified atom stereocenters. The molecule has 19 heavy (non-hydrogen) atoms. The van der Waals surface area contributed by atoms with Crippen molar-refractivity contribution >= 4 is 28.6 Å². The highest BCUT2D eigenvalue weighted by Gasteiger charge is 2.08. The fraction of sp³-hybridized carbons (Fsp3) is 0.231. The molecule has 0 aromatic carbocycles. The zero-order chi connectivity index (χ0) is 13.7. The zero-order valence-corrected chi connectivity index (χ0v) is 12.0. The number of carbonyl (C=O) groups is 1. The van der Waals surface area contributed by atoms with Crippen molar-refractivity contribution in [3.05, 3.63) is 38.0 Å². The van der Waals surface area contributed by atoms with Crippen molar-refractivity contribution in [3.63, 3.8) is 0 Å². The molecule has 0 saturated carbocycles. The highest BCUT2D eigenvalue weighted by Crippen LogP contribution is 2.14. The Hall–Kier alpha value is -1.68. The van der Waals surface area contributed by atoms with Gasteiger partial charge in [-0.3, -0.25) is 4.79 Å². The Kier molecular flexibility index (Phi) is 4.68. The lowest BCUT2D eigenvalue weighted by molar-refractivity contribution is 0.0951. The lowest BCUT2D eigenvalue weighted by Crippen LogP contribution is -2.22. The maximum atomic E-state index is 11.9. The molecular formula is C13H13N3OS2. The molecule has 2 heterocycles. The molecule has 0 saturated heterocycles. The van der Waals surface area contributed by atoms with Crippen LogP contribution in [0.2, 0.25) is 0 Å². The molecule has 0 bridgehead atoms. The molecule has 4 nitrogen and oxygen atoms in total. The SMILES string of the molecule is Cc1cnc(CNC(=O)c2csc(C#CCN)c2)s1. The van der Waals surface area contributed by atoms with Gasteiger partial charge in [0.2, 0.25) is 0 Å². The van der Waals surface area contributed by atoms with Gasteiger partial charge in [0.15, 0.2) is 0 Å². The van der Waals surface area contributed by atoms with E-state index in [1.807, 2.05) is 6.92 Å². The molecule has 3 N–H and O–H groups in total. The molecule has 0 spiro atoms. The van der Waals surface area contributed by atoms with E-state index in [1.54, 1.807) is 29.0 Å². The molecule has 6 heteroatoms.